The number of hydrogen-bond acceptors (Lipinski definition) is 4. The highest BCUT2D eigenvalue weighted by atomic mass is 16.8. The zero-order chi connectivity index (χ0) is 14.9. The van der Waals surface area contributed by atoms with Gasteiger partial charge in [0, 0.05) is 13.8 Å². The van der Waals surface area contributed by atoms with Crippen LogP contribution >= 0.6 is 0 Å². The van der Waals surface area contributed by atoms with Crippen molar-refractivity contribution in [2.24, 2.45) is 5.16 Å². The monoisotopic (exact) mass is 283 g/mol. The normalized spacial score (nSPS) is 16.8. The number of nitrogens with zero attached hydrogens (tertiary/aromatic N) is 1. The van der Waals surface area contributed by atoms with Crippen molar-refractivity contribution in [3.8, 4) is 0 Å². The van der Waals surface area contributed by atoms with Gasteiger partial charge in [-0.1, -0.05) is 60.7 Å². The fourth-order valence-electron chi connectivity index (χ4n) is 2.33. The van der Waals surface area contributed by atoms with Gasteiger partial charge in [-0.05, 0) is 16.3 Å². The average Bonchev–Trinajstić information content (AvgIpc) is 2.89. The molecule has 0 radical (unpaired) electrons. The molecule has 2 aromatic rings. The average molecular weight is 283 g/mol. The summed E-state index contributed by atoms with van der Waals surface area (Å²) in [6.07, 6.45) is 0. The summed E-state index contributed by atoms with van der Waals surface area (Å²) in [5, 5.41) is 15.3. The van der Waals surface area contributed by atoms with Crippen LogP contribution in [0.15, 0.2) is 65.8 Å². The topological polar surface area (TPSA) is 51.0 Å². The van der Waals surface area contributed by atoms with Crippen molar-refractivity contribution in [3.63, 3.8) is 0 Å². The second-order valence-corrected chi connectivity index (χ2v) is 5.43. The van der Waals surface area contributed by atoms with E-state index in [-0.39, 0.29) is 5.90 Å². The molecule has 108 valence electrons. The summed E-state index contributed by atoms with van der Waals surface area (Å²) in [6, 6.07) is 18.6. The Morgan fingerprint density at radius 1 is 0.905 bits per heavy atom. The lowest BCUT2D eigenvalue weighted by Crippen LogP contribution is -2.39. The first-order valence-corrected chi connectivity index (χ1v) is 6.81. The van der Waals surface area contributed by atoms with Gasteiger partial charge in [-0.3, -0.25) is 0 Å². The van der Waals surface area contributed by atoms with E-state index in [1.165, 1.54) is 0 Å². The van der Waals surface area contributed by atoms with Crippen molar-refractivity contribution < 1.29 is 14.7 Å². The number of rotatable bonds is 3. The van der Waals surface area contributed by atoms with Gasteiger partial charge >= 0.3 is 0 Å². The largest absolute Gasteiger partial charge is 0.431 e. The van der Waals surface area contributed by atoms with E-state index < -0.39 is 11.4 Å². The van der Waals surface area contributed by atoms with Crippen LogP contribution < -0.4 is 0 Å². The van der Waals surface area contributed by atoms with Crippen LogP contribution in [0.3, 0.4) is 0 Å². The second-order valence-electron chi connectivity index (χ2n) is 5.43. The Labute approximate surface area is 123 Å². The first kappa shape index (κ1) is 13.6. The zero-order valence-electron chi connectivity index (χ0n) is 12.0. The number of benzene rings is 2. The van der Waals surface area contributed by atoms with E-state index in [0.29, 0.717) is 11.1 Å². The van der Waals surface area contributed by atoms with Gasteiger partial charge in [-0.2, -0.15) is 0 Å². The summed E-state index contributed by atoms with van der Waals surface area (Å²) in [6.45, 7) is 3.50. The van der Waals surface area contributed by atoms with E-state index in [1.807, 2.05) is 60.7 Å². The Morgan fingerprint density at radius 3 is 1.76 bits per heavy atom. The van der Waals surface area contributed by atoms with E-state index in [9.17, 15) is 5.11 Å². The maximum Gasteiger partial charge on any atom is 0.271 e. The summed E-state index contributed by atoms with van der Waals surface area (Å²) in [5.74, 6) is -0.739. The fourth-order valence-corrected chi connectivity index (χ4v) is 2.33. The number of oxime groups is 1. The third-order valence-corrected chi connectivity index (χ3v) is 3.38. The van der Waals surface area contributed by atoms with Crippen LogP contribution in [0, 0.1) is 0 Å². The lowest BCUT2D eigenvalue weighted by Gasteiger charge is -2.28. The van der Waals surface area contributed by atoms with E-state index in [4.69, 9.17) is 9.57 Å². The molecule has 0 saturated heterocycles. The minimum atomic E-state index is -1.48. The standard InChI is InChI=1S/C17H17NO3/c1-16(2)20-15(18-21-16)17(19,13-9-5-3-6-10-13)14-11-7-4-8-12-14/h3-12,19H,1-2H3. The lowest BCUT2D eigenvalue weighted by atomic mass is 9.86. The van der Waals surface area contributed by atoms with E-state index in [0.717, 1.165) is 0 Å². The van der Waals surface area contributed by atoms with Crippen molar-refractivity contribution in [2.75, 3.05) is 0 Å². The minimum Gasteiger partial charge on any atom is -0.431 e. The van der Waals surface area contributed by atoms with Gasteiger partial charge in [0.15, 0.2) is 5.60 Å². The quantitative estimate of drug-likeness (QED) is 0.942. The smallest absolute Gasteiger partial charge is 0.271 e. The van der Waals surface area contributed by atoms with Crippen molar-refractivity contribution in [1.82, 2.24) is 0 Å². The highest BCUT2D eigenvalue weighted by Gasteiger charge is 2.46. The number of hydrogen-bond donors (Lipinski definition) is 1. The molecular weight excluding hydrogens is 266 g/mol. The van der Waals surface area contributed by atoms with Gasteiger partial charge in [-0.15, -0.1) is 0 Å². The van der Waals surface area contributed by atoms with E-state index >= 15 is 0 Å². The molecule has 2 aromatic carbocycles. The molecule has 4 nitrogen and oxygen atoms in total. The molecule has 0 saturated carbocycles. The molecule has 1 N–H and O–H groups in total. The predicted molar refractivity (Wildman–Crippen MR) is 79.6 cm³/mol. The molecule has 0 amide bonds. The van der Waals surface area contributed by atoms with Crippen molar-refractivity contribution in [1.29, 1.82) is 0 Å². The fraction of sp³-hybridized carbons (Fsp3) is 0.235. The molecule has 0 aliphatic carbocycles. The first-order chi connectivity index (χ1) is 10.0. The van der Waals surface area contributed by atoms with E-state index in [1.54, 1.807) is 13.8 Å². The summed E-state index contributed by atoms with van der Waals surface area (Å²) in [4.78, 5) is 5.25. The molecule has 0 aromatic heterocycles. The SMILES string of the molecule is CC1(C)ON=C(C(O)(c2ccccc2)c2ccccc2)O1. The molecule has 4 heteroatoms. The van der Waals surface area contributed by atoms with Gasteiger partial charge in [0.25, 0.3) is 11.7 Å². The van der Waals surface area contributed by atoms with E-state index in [2.05, 4.69) is 5.16 Å². The van der Waals surface area contributed by atoms with Gasteiger partial charge < -0.3 is 14.7 Å². The van der Waals surface area contributed by atoms with Crippen molar-refractivity contribution >= 4 is 5.90 Å². The van der Waals surface area contributed by atoms with Crippen LogP contribution in [0.2, 0.25) is 0 Å². The maximum absolute atomic E-state index is 11.4. The summed E-state index contributed by atoms with van der Waals surface area (Å²) >= 11 is 0. The molecular formula is C17H17NO3. The summed E-state index contributed by atoms with van der Waals surface area (Å²) < 4.78 is 5.70. The van der Waals surface area contributed by atoms with Crippen molar-refractivity contribution in [3.05, 3.63) is 71.8 Å². The second kappa shape index (κ2) is 4.90. The van der Waals surface area contributed by atoms with Crippen LogP contribution in [0.1, 0.15) is 25.0 Å². The predicted octanol–water partition coefficient (Wildman–Crippen LogP) is 3.02. The van der Waals surface area contributed by atoms with Crippen LogP contribution in [0.4, 0.5) is 0 Å². The van der Waals surface area contributed by atoms with Gasteiger partial charge in [0.1, 0.15) is 0 Å². The number of aliphatic hydroxyl groups is 1. The molecule has 0 atom stereocenters. The molecule has 1 heterocycles. The third kappa shape index (κ3) is 2.38. The van der Waals surface area contributed by atoms with Crippen LogP contribution in [-0.4, -0.2) is 16.8 Å². The highest BCUT2D eigenvalue weighted by molar-refractivity contribution is 5.90. The molecule has 1 aliphatic heterocycles. The Balaban J connectivity index is 2.13. The minimum absolute atomic E-state index is 0.143. The Morgan fingerprint density at radius 2 is 1.38 bits per heavy atom. The Bertz CT molecular complexity index is 611. The summed E-state index contributed by atoms with van der Waals surface area (Å²) in [7, 11) is 0. The Hall–Kier alpha value is -2.33. The molecule has 0 fully saturated rings. The van der Waals surface area contributed by atoms with Crippen LogP contribution in [0.5, 0.6) is 0 Å². The highest BCUT2D eigenvalue weighted by Crippen LogP contribution is 2.36. The molecule has 3 rings (SSSR count). The van der Waals surface area contributed by atoms with Crippen molar-refractivity contribution in [2.45, 2.75) is 25.2 Å². The summed E-state index contributed by atoms with van der Waals surface area (Å²) in [5.41, 5.74) is -0.122. The molecule has 0 spiro atoms. The molecule has 0 unspecified atom stereocenters. The first-order valence-electron chi connectivity index (χ1n) is 6.81. The Kier molecular flexibility index (Phi) is 3.18. The van der Waals surface area contributed by atoms with Gasteiger partial charge in [0.05, 0.1) is 0 Å². The number of ether oxygens (including phenoxy) is 1. The third-order valence-electron chi connectivity index (χ3n) is 3.38. The molecule has 0 bridgehead atoms. The van der Waals surface area contributed by atoms with Gasteiger partial charge in [-0.25, -0.2) is 0 Å². The van der Waals surface area contributed by atoms with Gasteiger partial charge in [0.2, 0.25) is 0 Å². The lowest BCUT2D eigenvalue weighted by molar-refractivity contribution is -0.132. The van der Waals surface area contributed by atoms with Crippen LogP contribution in [0.25, 0.3) is 0 Å². The molecule has 1 aliphatic rings. The zero-order valence-corrected chi connectivity index (χ0v) is 12.0. The maximum atomic E-state index is 11.4. The van der Waals surface area contributed by atoms with Crippen LogP contribution in [-0.2, 0) is 15.2 Å². The molecule has 21 heavy (non-hydrogen) atoms.